The van der Waals surface area contributed by atoms with Crippen LogP contribution in [0.4, 0.5) is 5.69 Å². The van der Waals surface area contributed by atoms with E-state index in [-0.39, 0.29) is 17.6 Å². The van der Waals surface area contributed by atoms with Gasteiger partial charge in [0, 0.05) is 30.3 Å². The Hall–Kier alpha value is -2.30. The lowest BCUT2D eigenvalue weighted by molar-refractivity contribution is -0.120. The fourth-order valence-corrected chi connectivity index (χ4v) is 4.17. The number of carbonyl (C=O) groups is 1. The van der Waals surface area contributed by atoms with Gasteiger partial charge in [0.2, 0.25) is 15.9 Å². The van der Waals surface area contributed by atoms with Crippen molar-refractivity contribution in [3.8, 4) is 11.4 Å². The molecule has 1 fully saturated rings. The smallest absolute Gasteiger partial charge is 0.227 e. The van der Waals surface area contributed by atoms with Crippen LogP contribution in [-0.4, -0.2) is 52.7 Å². The number of sulfonamides is 1. The minimum Gasteiger partial charge on any atom is -0.326 e. The molecule has 0 radical (unpaired) electrons. The molecule has 27 heavy (non-hydrogen) atoms. The molecule has 146 valence electrons. The van der Waals surface area contributed by atoms with Gasteiger partial charge in [0.1, 0.15) is 5.82 Å². The Morgan fingerprint density at radius 2 is 1.96 bits per heavy atom. The Balaban J connectivity index is 1.57. The molecule has 4 N–H and O–H groups in total. The molecule has 2 heterocycles. The molecular formula is C17H24N6O3S. The maximum atomic E-state index is 12.5. The van der Waals surface area contributed by atoms with Crippen LogP contribution in [0.3, 0.4) is 0 Å². The number of nitrogens with two attached hydrogens (primary N) is 1. The minimum atomic E-state index is -3.18. The standard InChI is InChI=1S/C17H24N6O3S/c1-2-27(25,26)23-9-7-13(8-10-23)17(24)19-14-5-3-12(4-6-14)16-20-15(11-18)21-22-16/h3-6,13H,2,7-11,18H2,1H3,(H,19,24)(H,20,21,22). The van der Waals surface area contributed by atoms with Gasteiger partial charge in [-0.05, 0) is 44.0 Å². The summed E-state index contributed by atoms with van der Waals surface area (Å²) in [6.07, 6.45) is 1.06. The number of aromatic nitrogens is 3. The molecule has 0 unspecified atom stereocenters. The zero-order chi connectivity index (χ0) is 19.4. The molecule has 1 amide bonds. The number of hydrogen-bond acceptors (Lipinski definition) is 6. The molecule has 9 nitrogen and oxygen atoms in total. The van der Waals surface area contributed by atoms with Gasteiger partial charge in [-0.25, -0.2) is 17.7 Å². The molecule has 1 aliphatic rings. The second kappa shape index (κ2) is 8.15. The number of hydrogen-bond donors (Lipinski definition) is 3. The molecule has 1 aromatic carbocycles. The summed E-state index contributed by atoms with van der Waals surface area (Å²) in [5, 5.41) is 9.76. The SMILES string of the molecule is CCS(=O)(=O)N1CCC(C(=O)Nc2ccc(-c3n[nH]c(CN)n3)cc2)CC1. The largest absolute Gasteiger partial charge is 0.326 e. The number of anilines is 1. The number of rotatable bonds is 6. The number of carbonyl (C=O) groups excluding carboxylic acids is 1. The lowest BCUT2D eigenvalue weighted by atomic mass is 9.97. The van der Waals surface area contributed by atoms with Crippen molar-refractivity contribution < 1.29 is 13.2 Å². The fourth-order valence-electron chi connectivity index (χ4n) is 3.04. The van der Waals surface area contributed by atoms with Crippen LogP contribution in [0.2, 0.25) is 0 Å². The van der Waals surface area contributed by atoms with E-state index in [0.717, 1.165) is 5.56 Å². The molecule has 0 aliphatic carbocycles. The molecule has 1 aliphatic heterocycles. The molecule has 3 rings (SSSR count). The van der Waals surface area contributed by atoms with Crippen LogP contribution in [0, 0.1) is 5.92 Å². The van der Waals surface area contributed by atoms with Crippen molar-refractivity contribution in [2.75, 3.05) is 24.2 Å². The van der Waals surface area contributed by atoms with Gasteiger partial charge in [-0.3, -0.25) is 9.89 Å². The average molecular weight is 392 g/mol. The Kier molecular flexibility index (Phi) is 5.88. The second-order valence-corrected chi connectivity index (χ2v) is 8.71. The third-order valence-electron chi connectivity index (χ3n) is 4.72. The Morgan fingerprint density at radius 3 is 2.52 bits per heavy atom. The average Bonchev–Trinajstić information content (AvgIpc) is 3.18. The number of amides is 1. The van der Waals surface area contributed by atoms with E-state index in [4.69, 9.17) is 5.73 Å². The molecule has 10 heteroatoms. The van der Waals surface area contributed by atoms with Crippen molar-refractivity contribution in [2.24, 2.45) is 11.7 Å². The van der Waals surface area contributed by atoms with Gasteiger partial charge in [0.15, 0.2) is 5.82 Å². The Morgan fingerprint density at radius 1 is 1.30 bits per heavy atom. The Bertz CT molecular complexity index is 886. The highest BCUT2D eigenvalue weighted by molar-refractivity contribution is 7.89. The first-order valence-electron chi connectivity index (χ1n) is 8.93. The first-order valence-corrected chi connectivity index (χ1v) is 10.5. The molecule has 0 saturated carbocycles. The summed E-state index contributed by atoms with van der Waals surface area (Å²) in [5.41, 5.74) is 7.02. The highest BCUT2D eigenvalue weighted by atomic mass is 32.2. The van der Waals surface area contributed by atoms with Crippen molar-refractivity contribution >= 4 is 21.6 Å². The van der Waals surface area contributed by atoms with E-state index >= 15 is 0 Å². The van der Waals surface area contributed by atoms with Crippen molar-refractivity contribution in [1.29, 1.82) is 0 Å². The monoisotopic (exact) mass is 392 g/mol. The summed E-state index contributed by atoms with van der Waals surface area (Å²) in [6.45, 7) is 2.70. The van der Waals surface area contributed by atoms with Crippen LogP contribution in [0.25, 0.3) is 11.4 Å². The van der Waals surface area contributed by atoms with Gasteiger partial charge in [-0.2, -0.15) is 5.10 Å². The lowest BCUT2D eigenvalue weighted by Gasteiger charge is -2.30. The first kappa shape index (κ1) is 19.5. The lowest BCUT2D eigenvalue weighted by Crippen LogP contribution is -2.42. The first-order chi connectivity index (χ1) is 12.9. The number of nitrogens with one attached hydrogen (secondary N) is 2. The van der Waals surface area contributed by atoms with Crippen LogP contribution in [0.15, 0.2) is 24.3 Å². The van der Waals surface area contributed by atoms with Crippen LogP contribution in [0.5, 0.6) is 0 Å². The van der Waals surface area contributed by atoms with Crippen LogP contribution < -0.4 is 11.1 Å². The quantitative estimate of drug-likeness (QED) is 0.669. The van der Waals surface area contributed by atoms with Gasteiger partial charge in [-0.1, -0.05) is 0 Å². The molecule has 0 spiro atoms. The highest BCUT2D eigenvalue weighted by Crippen LogP contribution is 2.23. The maximum Gasteiger partial charge on any atom is 0.227 e. The van der Waals surface area contributed by atoms with E-state index in [1.54, 1.807) is 19.1 Å². The van der Waals surface area contributed by atoms with Crippen molar-refractivity contribution in [2.45, 2.75) is 26.3 Å². The fraction of sp³-hybridized carbons (Fsp3) is 0.471. The summed E-state index contributed by atoms with van der Waals surface area (Å²) >= 11 is 0. The van der Waals surface area contributed by atoms with Crippen LogP contribution in [0.1, 0.15) is 25.6 Å². The zero-order valence-electron chi connectivity index (χ0n) is 15.2. The van der Waals surface area contributed by atoms with E-state index in [0.29, 0.717) is 49.8 Å². The number of nitrogens with zero attached hydrogens (tertiary/aromatic N) is 3. The van der Waals surface area contributed by atoms with Crippen molar-refractivity contribution in [3.05, 3.63) is 30.1 Å². The van der Waals surface area contributed by atoms with Gasteiger partial charge in [-0.15, -0.1) is 0 Å². The number of benzene rings is 1. The van der Waals surface area contributed by atoms with Gasteiger partial charge in [0.05, 0.1) is 12.3 Å². The van der Waals surface area contributed by atoms with E-state index in [9.17, 15) is 13.2 Å². The number of H-pyrrole nitrogens is 1. The topological polar surface area (TPSA) is 134 Å². The Labute approximate surface area is 158 Å². The normalized spacial score (nSPS) is 16.4. The van der Waals surface area contributed by atoms with Crippen LogP contribution in [-0.2, 0) is 21.4 Å². The number of piperidine rings is 1. The van der Waals surface area contributed by atoms with E-state index in [1.807, 2.05) is 12.1 Å². The molecular weight excluding hydrogens is 368 g/mol. The second-order valence-electron chi connectivity index (χ2n) is 6.45. The molecule has 2 aromatic rings. The third kappa shape index (κ3) is 4.52. The summed E-state index contributed by atoms with van der Waals surface area (Å²) in [6, 6.07) is 7.25. The van der Waals surface area contributed by atoms with Gasteiger partial charge in [0.25, 0.3) is 0 Å². The molecule has 0 atom stereocenters. The van der Waals surface area contributed by atoms with Gasteiger partial charge >= 0.3 is 0 Å². The summed E-state index contributed by atoms with van der Waals surface area (Å²) in [5.74, 6) is 0.984. The summed E-state index contributed by atoms with van der Waals surface area (Å²) in [7, 11) is -3.18. The molecule has 0 bridgehead atoms. The maximum absolute atomic E-state index is 12.5. The minimum absolute atomic E-state index is 0.0837. The van der Waals surface area contributed by atoms with Crippen LogP contribution >= 0.6 is 0 Å². The third-order valence-corrected chi connectivity index (χ3v) is 6.60. The highest BCUT2D eigenvalue weighted by Gasteiger charge is 2.30. The molecule has 1 saturated heterocycles. The van der Waals surface area contributed by atoms with Crippen molar-refractivity contribution in [1.82, 2.24) is 19.5 Å². The van der Waals surface area contributed by atoms with E-state index in [2.05, 4.69) is 20.5 Å². The predicted molar refractivity (Wildman–Crippen MR) is 102 cm³/mol. The van der Waals surface area contributed by atoms with Gasteiger partial charge < -0.3 is 11.1 Å². The summed E-state index contributed by atoms with van der Waals surface area (Å²) in [4.78, 5) is 16.7. The summed E-state index contributed by atoms with van der Waals surface area (Å²) < 4.78 is 25.3. The van der Waals surface area contributed by atoms with E-state index in [1.165, 1.54) is 4.31 Å². The molecule has 1 aromatic heterocycles. The predicted octanol–water partition coefficient (Wildman–Crippen LogP) is 0.931. The zero-order valence-corrected chi connectivity index (χ0v) is 16.0. The van der Waals surface area contributed by atoms with E-state index < -0.39 is 10.0 Å². The number of aromatic amines is 1. The van der Waals surface area contributed by atoms with Crippen molar-refractivity contribution in [3.63, 3.8) is 0 Å².